The van der Waals surface area contributed by atoms with Gasteiger partial charge in [-0.2, -0.15) is 4.31 Å². The van der Waals surface area contributed by atoms with Crippen molar-refractivity contribution in [1.29, 1.82) is 0 Å². The standard InChI is InChI=1S/C21H20N2O2S/c22-21-8-4-3-7-20(21)17-9-11-19(12-10-17)26(24,25)23-14-13-16-5-1-2-6-18(16)15-23/h1-12H,13-15,22H2. The summed E-state index contributed by atoms with van der Waals surface area (Å²) in [5.74, 6) is 0. The molecule has 2 N–H and O–H groups in total. The quantitative estimate of drug-likeness (QED) is 0.721. The zero-order chi connectivity index (χ0) is 18.1. The second kappa shape index (κ2) is 6.59. The van der Waals surface area contributed by atoms with Gasteiger partial charge in [0, 0.05) is 24.3 Å². The Morgan fingerprint density at radius 2 is 1.46 bits per heavy atom. The van der Waals surface area contributed by atoms with Gasteiger partial charge in [0.2, 0.25) is 10.0 Å². The SMILES string of the molecule is Nc1ccccc1-c1ccc(S(=O)(=O)N2CCc3ccccc3C2)cc1. The molecule has 3 aromatic carbocycles. The topological polar surface area (TPSA) is 63.4 Å². The molecule has 0 atom stereocenters. The Morgan fingerprint density at radius 1 is 0.808 bits per heavy atom. The number of nitrogens with two attached hydrogens (primary N) is 1. The van der Waals surface area contributed by atoms with Crippen molar-refractivity contribution < 1.29 is 8.42 Å². The van der Waals surface area contributed by atoms with Crippen molar-refractivity contribution in [2.45, 2.75) is 17.9 Å². The molecule has 0 saturated carbocycles. The lowest BCUT2D eigenvalue weighted by atomic mass is 10.0. The van der Waals surface area contributed by atoms with Crippen molar-refractivity contribution in [3.8, 4) is 11.1 Å². The second-order valence-electron chi connectivity index (χ2n) is 6.47. The highest BCUT2D eigenvalue weighted by molar-refractivity contribution is 7.89. The van der Waals surface area contributed by atoms with Crippen molar-refractivity contribution in [2.75, 3.05) is 12.3 Å². The maximum Gasteiger partial charge on any atom is 0.243 e. The van der Waals surface area contributed by atoms with E-state index in [2.05, 4.69) is 6.07 Å². The summed E-state index contributed by atoms with van der Waals surface area (Å²) in [5, 5.41) is 0. The number of nitrogen functional groups attached to an aromatic ring is 1. The zero-order valence-electron chi connectivity index (χ0n) is 14.3. The van der Waals surface area contributed by atoms with E-state index in [0.29, 0.717) is 23.7 Å². The predicted octanol–water partition coefficient (Wildman–Crippen LogP) is 3.68. The summed E-state index contributed by atoms with van der Waals surface area (Å²) in [4.78, 5) is 0.315. The van der Waals surface area contributed by atoms with Crippen LogP contribution in [0.25, 0.3) is 11.1 Å². The molecular weight excluding hydrogens is 344 g/mol. The Kier molecular flexibility index (Phi) is 4.26. The predicted molar refractivity (Wildman–Crippen MR) is 104 cm³/mol. The Bertz CT molecular complexity index is 1040. The van der Waals surface area contributed by atoms with E-state index in [9.17, 15) is 8.42 Å². The molecule has 0 unspecified atom stereocenters. The van der Waals surface area contributed by atoms with Crippen molar-refractivity contribution in [1.82, 2.24) is 4.31 Å². The van der Waals surface area contributed by atoms with Crippen LogP contribution in [0.2, 0.25) is 0 Å². The van der Waals surface area contributed by atoms with Crippen molar-refractivity contribution in [3.05, 3.63) is 83.9 Å². The first kappa shape index (κ1) is 16.8. The molecule has 0 spiro atoms. The lowest BCUT2D eigenvalue weighted by Gasteiger charge is -2.28. The van der Waals surface area contributed by atoms with Gasteiger partial charge in [0.05, 0.1) is 4.90 Å². The van der Waals surface area contributed by atoms with Gasteiger partial charge in [-0.05, 0) is 41.3 Å². The molecule has 0 bridgehead atoms. The number of para-hydroxylation sites is 1. The number of nitrogens with zero attached hydrogens (tertiary/aromatic N) is 1. The Balaban J connectivity index is 1.62. The summed E-state index contributed by atoms with van der Waals surface area (Å²) in [6, 6.07) is 22.5. The molecule has 0 fully saturated rings. The van der Waals surface area contributed by atoms with Crippen LogP contribution in [0, 0.1) is 0 Å². The largest absolute Gasteiger partial charge is 0.398 e. The van der Waals surface area contributed by atoms with Crippen LogP contribution in [0.15, 0.2) is 77.7 Å². The van der Waals surface area contributed by atoms with E-state index in [1.807, 2.05) is 54.6 Å². The van der Waals surface area contributed by atoms with Gasteiger partial charge < -0.3 is 5.73 Å². The van der Waals surface area contributed by atoms with E-state index in [1.165, 1.54) is 5.56 Å². The molecule has 0 amide bonds. The minimum atomic E-state index is -3.51. The summed E-state index contributed by atoms with van der Waals surface area (Å²) in [6.45, 7) is 0.929. The fraction of sp³-hybridized carbons (Fsp3) is 0.143. The summed E-state index contributed by atoms with van der Waals surface area (Å²) >= 11 is 0. The van der Waals surface area contributed by atoms with E-state index in [4.69, 9.17) is 5.73 Å². The third-order valence-corrected chi connectivity index (χ3v) is 6.72. The summed E-state index contributed by atoms with van der Waals surface area (Å²) in [7, 11) is -3.51. The van der Waals surface area contributed by atoms with Gasteiger partial charge in [0.15, 0.2) is 0 Å². The van der Waals surface area contributed by atoms with Crippen LogP contribution in [0.1, 0.15) is 11.1 Å². The molecule has 26 heavy (non-hydrogen) atoms. The molecule has 0 saturated heterocycles. The molecule has 3 aromatic rings. The van der Waals surface area contributed by atoms with Gasteiger partial charge in [0.1, 0.15) is 0 Å². The third-order valence-electron chi connectivity index (χ3n) is 4.86. The van der Waals surface area contributed by atoms with Gasteiger partial charge >= 0.3 is 0 Å². The van der Waals surface area contributed by atoms with Gasteiger partial charge in [-0.3, -0.25) is 0 Å². The molecular formula is C21H20N2O2S. The monoisotopic (exact) mass is 364 g/mol. The van der Waals surface area contributed by atoms with Crippen LogP contribution >= 0.6 is 0 Å². The average molecular weight is 364 g/mol. The molecule has 0 aliphatic carbocycles. The van der Waals surface area contributed by atoms with Crippen LogP contribution in [0.4, 0.5) is 5.69 Å². The maximum absolute atomic E-state index is 13.0. The highest BCUT2D eigenvalue weighted by atomic mass is 32.2. The van der Waals surface area contributed by atoms with E-state index in [-0.39, 0.29) is 0 Å². The van der Waals surface area contributed by atoms with E-state index >= 15 is 0 Å². The number of sulfonamides is 1. The third kappa shape index (κ3) is 3.00. The van der Waals surface area contributed by atoms with Gasteiger partial charge in [-0.15, -0.1) is 0 Å². The fourth-order valence-electron chi connectivity index (χ4n) is 3.39. The second-order valence-corrected chi connectivity index (χ2v) is 8.41. The fourth-order valence-corrected chi connectivity index (χ4v) is 4.81. The number of rotatable bonds is 3. The van der Waals surface area contributed by atoms with Crippen molar-refractivity contribution >= 4 is 15.7 Å². The van der Waals surface area contributed by atoms with Crippen LogP contribution in [-0.2, 0) is 23.0 Å². The first-order chi connectivity index (χ1) is 12.6. The van der Waals surface area contributed by atoms with Gasteiger partial charge in [-0.1, -0.05) is 54.6 Å². The molecule has 0 radical (unpaired) electrons. The number of benzene rings is 3. The van der Waals surface area contributed by atoms with Gasteiger partial charge in [-0.25, -0.2) is 8.42 Å². The molecule has 4 nitrogen and oxygen atoms in total. The minimum Gasteiger partial charge on any atom is -0.398 e. The molecule has 1 aliphatic heterocycles. The van der Waals surface area contributed by atoms with Crippen LogP contribution in [-0.4, -0.2) is 19.3 Å². The smallest absolute Gasteiger partial charge is 0.243 e. The summed E-state index contributed by atoms with van der Waals surface area (Å²) in [5.41, 5.74) is 10.8. The zero-order valence-corrected chi connectivity index (χ0v) is 15.1. The lowest BCUT2D eigenvalue weighted by Crippen LogP contribution is -2.35. The summed E-state index contributed by atoms with van der Waals surface area (Å²) in [6.07, 6.45) is 0.744. The van der Waals surface area contributed by atoms with E-state index in [0.717, 1.165) is 23.1 Å². The van der Waals surface area contributed by atoms with Crippen LogP contribution < -0.4 is 5.73 Å². The minimum absolute atomic E-state index is 0.315. The Labute approximate surface area is 153 Å². The highest BCUT2D eigenvalue weighted by Crippen LogP contribution is 2.29. The maximum atomic E-state index is 13.0. The van der Waals surface area contributed by atoms with Crippen molar-refractivity contribution in [3.63, 3.8) is 0 Å². The first-order valence-corrected chi connectivity index (χ1v) is 10.0. The number of hydrogen-bond donors (Lipinski definition) is 1. The molecule has 5 heteroatoms. The lowest BCUT2D eigenvalue weighted by molar-refractivity contribution is 0.391. The van der Waals surface area contributed by atoms with Crippen molar-refractivity contribution in [2.24, 2.45) is 0 Å². The van der Waals surface area contributed by atoms with E-state index < -0.39 is 10.0 Å². The molecule has 132 valence electrons. The average Bonchev–Trinajstić information content (AvgIpc) is 2.68. The Hall–Kier alpha value is -2.63. The Morgan fingerprint density at radius 3 is 2.19 bits per heavy atom. The normalized spacial score (nSPS) is 14.8. The first-order valence-electron chi connectivity index (χ1n) is 8.57. The molecule has 1 aliphatic rings. The number of anilines is 1. The molecule has 0 aromatic heterocycles. The van der Waals surface area contributed by atoms with E-state index in [1.54, 1.807) is 16.4 Å². The molecule has 4 rings (SSSR count). The van der Waals surface area contributed by atoms with Crippen LogP contribution in [0.3, 0.4) is 0 Å². The number of hydrogen-bond acceptors (Lipinski definition) is 3. The molecule has 1 heterocycles. The van der Waals surface area contributed by atoms with Crippen LogP contribution in [0.5, 0.6) is 0 Å². The van der Waals surface area contributed by atoms with Gasteiger partial charge in [0.25, 0.3) is 0 Å². The highest BCUT2D eigenvalue weighted by Gasteiger charge is 2.28. The number of fused-ring (bicyclic) bond motifs is 1. The summed E-state index contributed by atoms with van der Waals surface area (Å²) < 4.78 is 27.6.